The summed E-state index contributed by atoms with van der Waals surface area (Å²) in [6.07, 6.45) is 3.92. The van der Waals surface area contributed by atoms with Gasteiger partial charge in [-0.2, -0.15) is 0 Å². The van der Waals surface area contributed by atoms with Gasteiger partial charge in [0.05, 0.1) is 11.8 Å². The van der Waals surface area contributed by atoms with Crippen LogP contribution in [0, 0.1) is 18.8 Å². The van der Waals surface area contributed by atoms with Gasteiger partial charge in [-0.3, -0.25) is 4.98 Å². The van der Waals surface area contributed by atoms with Crippen molar-refractivity contribution in [3.8, 4) is 5.75 Å². The molecule has 0 saturated heterocycles. The van der Waals surface area contributed by atoms with Crippen molar-refractivity contribution in [1.82, 2.24) is 4.98 Å². The van der Waals surface area contributed by atoms with Crippen molar-refractivity contribution in [2.24, 2.45) is 17.6 Å². The Labute approximate surface area is 110 Å². The molecule has 0 radical (unpaired) electrons. The van der Waals surface area contributed by atoms with Crippen LogP contribution in [0.25, 0.3) is 0 Å². The van der Waals surface area contributed by atoms with Crippen LogP contribution in [0.1, 0.15) is 44.5 Å². The number of nitrogens with two attached hydrogens (primary N) is 1. The van der Waals surface area contributed by atoms with Gasteiger partial charge in [0.1, 0.15) is 5.75 Å². The van der Waals surface area contributed by atoms with Gasteiger partial charge < -0.3 is 10.5 Å². The molecule has 0 bridgehead atoms. The van der Waals surface area contributed by atoms with Crippen molar-refractivity contribution in [2.45, 2.75) is 52.7 Å². The van der Waals surface area contributed by atoms with E-state index < -0.39 is 0 Å². The minimum absolute atomic E-state index is 0.318. The van der Waals surface area contributed by atoms with E-state index in [0.717, 1.165) is 41.8 Å². The Balaban J connectivity index is 2.08. The Hall–Kier alpha value is -1.09. The van der Waals surface area contributed by atoms with E-state index in [1.807, 2.05) is 19.1 Å². The second kappa shape index (κ2) is 5.70. The zero-order valence-corrected chi connectivity index (χ0v) is 11.6. The second-order valence-electron chi connectivity index (χ2n) is 5.76. The number of ether oxygens (including phenoxy) is 1. The predicted octanol–water partition coefficient (Wildman–Crippen LogP) is 3.05. The van der Waals surface area contributed by atoms with Crippen molar-refractivity contribution in [3.05, 3.63) is 23.5 Å². The fraction of sp³-hybridized carbons (Fsp3) is 0.667. The summed E-state index contributed by atoms with van der Waals surface area (Å²) in [5.41, 5.74) is 7.61. The predicted molar refractivity (Wildman–Crippen MR) is 73.5 cm³/mol. The Morgan fingerprint density at radius 2 is 1.89 bits per heavy atom. The molecule has 2 rings (SSSR count). The summed E-state index contributed by atoms with van der Waals surface area (Å²) in [4.78, 5) is 4.45. The maximum atomic E-state index is 6.13. The van der Waals surface area contributed by atoms with Crippen LogP contribution >= 0.6 is 0 Å². The Kier molecular flexibility index (Phi) is 4.23. The third kappa shape index (κ3) is 3.22. The molecule has 1 aromatic heterocycles. The molecule has 3 nitrogen and oxygen atoms in total. The molecular formula is C15H24N2O. The molecule has 1 heterocycles. The van der Waals surface area contributed by atoms with E-state index in [0.29, 0.717) is 12.6 Å². The van der Waals surface area contributed by atoms with Gasteiger partial charge in [-0.15, -0.1) is 0 Å². The standard InChI is InChI=1S/C15H24N2O/c1-10-6-11(2)8-13(7-10)18-15-5-4-12(3)17-14(15)9-16/h4-5,10-11,13H,6-9,16H2,1-3H3. The van der Waals surface area contributed by atoms with Crippen LogP contribution < -0.4 is 10.5 Å². The average Bonchev–Trinajstić information content (AvgIpc) is 2.30. The fourth-order valence-corrected chi connectivity index (χ4v) is 3.00. The van der Waals surface area contributed by atoms with E-state index in [2.05, 4.69) is 18.8 Å². The van der Waals surface area contributed by atoms with Gasteiger partial charge in [-0.05, 0) is 50.2 Å². The van der Waals surface area contributed by atoms with Crippen LogP contribution in [0.15, 0.2) is 12.1 Å². The highest BCUT2D eigenvalue weighted by molar-refractivity contribution is 5.29. The molecule has 18 heavy (non-hydrogen) atoms. The van der Waals surface area contributed by atoms with E-state index in [4.69, 9.17) is 10.5 Å². The highest BCUT2D eigenvalue weighted by atomic mass is 16.5. The molecule has 1 aliphatic carbocycles. The van der Waals surface area contributed by atoms with Crippen LogP contribution in [0.2, 0.25) is 0 Å². The number of pyridine rings is 1. The molecule has 1 aliphatic rings. The summed E-state index contributed by atoms with van der Waals surface area (Å²) in [6.45, 7) is 7.04. The summed E-state index contributed by atoms with van der Waals surface area (Å²) in [7, 11) is 0. The molecule has 3 heteroatoms. The second-order valence-corrected chi connectivity index (χ2v) is 5.76. The van der Waals surface area contributed by atoms with Gasteiger partial charge in [0, 0.05) is 12.2 Å². The number of nitrogens with zero attached hydrogens (tertiary/aromatic N) is 1. The molecule has 1 aromatic rings. The number of hydrogen-bond acceptors (Lipinski definition) is 3. The molecule has 100 valence electrons. The lowest BCUT2D eigenvalue weighted by Crippen LogP contribution is -2.29. The molecule has 1 fully saturated rings. The summed E-state index contributed by atoms with van der Waals surface area (Å²) in [5.74, 6) is 2.37. The summed E-state index contributed by atoms with van der Waals surface area (Å²) in [5, 5.41) is 0. The maximum Gasteiger partial charge on any atom is 0.142 e. The van der Waals surface area contributed by atoms with Crippen LogP contribution in [0.5, 0.6) is 5.75 Å². The molecule has 0 spiro atoms. The maximum absolute atomic E-state index is 6.13. The molecule has 0 aliphatic heterocycles. The topological polar surface area (TPSA) is 48.1 Å². The number of hydrogen-bond donors (Lipinski definition) is 1. The van der Waals surface area contributed by atoms with Gasteiger partial charge in [0.15, 0.2) is 0 Å². The van der Waals surface area contributed by atoms with Crippen LogP contribution in [-0.4, -0.2) is 11.1 Å². The van der Waals surface area contributed by atoms with Gasteiger partial charge in [0.25, 0.3) is 0 Å². The first kappa shape index (κ1) is 13.3. The Morgan fingerprint density at radius 3 is 2.50 bits per heavy atom. The Bertz CT molecular complexity index is 395. The molecule has 2 atom stereocenters. The zero-order chi connectivity index (χ0) is 13.1. The van der Waals surface area contributed by atoms with Crippen molar-refractivity contribution < 1.29 is 4.74 Å². The summed E-state index contributed by atoms with van der Waals surface area (Å²) in [6, 6.07) is 4.00. The van der Waals surface area contributed by atoms with Gasteiger partial charge in [-0.1, -0.05) is 13.8 Å². The molecule has 2 N–H and O–H groups in total. The average molecular weight is 248 g/mol. The summed E-state index contributed by atoms with van der Waals surface area (Å²) >= 11 is 0. The van der Waals surface area contributed by atoms with E-state index in [9.17, 15) is 0 Å². The van der Waals surface area contributed by atoms with Crippen LogP contribution in [0.3, 0.4) is 0 Å². The van der Waals surface area contributed by atoms with Gasteiger partial charge in [-0.25, -0.2) is 0 Å². The van der Waals surface area contributed by atoms with E-state index in [-0.39, 0.29) is 0 Å². The van der Waals surface area contributed by atoms with Gasteiger partial charge >= 0.3 is 0 Å². The minimum atomic E-state index is 0.318. The van der Waals surface area contributed by atoms with Crippen molar-refractivity contribution in [2.75, 3.05) is 0 Å². The lowest BCUT2D eigenvalue weighted by atomic mass is 9.82. The highest BCUT2D eigenvalue weighted by Gasteiger charge is 2.25. The first-order chi connectivity index (χ1) is 8.58. The number of aryl methyl sites for hydroxylation is 1. The molecule has 0 aromatic carbocycles. The van der Waals surface area contributed by atoms with Crippen molar-refractivity contribution in [1.29, 1.82) is 0 Å². The first-order valence-corrected chi connectivity index (χ1v) is 6.91. The molecule has 2 unspecified atom stereocenters. The third-order valence-corrected chi connectivity index (χ3v) is 3.69. The minimum Gasteiger partial charge on any atom is -0.488 e. The highest BCUT2D eigenvalue weighted by Crippen LogP contribution is 2.32. The lowest BCUT2D eigenvalue weighted by Gasteiger charge is -2.32. The van der Waals surface area contributed by atoms with Crippen molar-refractivity contribution in [3.63, 3.8) is 0 Å². The molecular weight excluding hydrogens is 224 g/mol. The fourth-order valence-electron chi connectivity index (χ4n) is 3.00. The monoisotopic (exact) mass is 248 g/mol. The summed E-state index contributed by atoms with van der Waals surface area (Å²) < 4.78 is 6.13. The SMILES string of the molecule is Cc1ccc(OC2CC(C)CC(C)C2)c(CN)n1. The third-order valence-electron chi connectivity index (χ3n) is 3.69. The van der Waals surface area contributed by atoms with Crippen LogP contribution in [0.4, 0.5) is 0 Å². The zero-order valence-electron chi connectivity index (χ0n) is 11.6. The van der Waals surface area contributed by atoms with Gasteiger partial charge in [0.2, 0.25) is 0 Å². The Morgan fingerprint density at radius 1 is 1.22 bits per heavy atom. The quantitative estimate of drug-likeness (QED) is 0.894. The lowest BCUT2D eigenvalue weighted by molar-refractivity contribution is 0.0996. The first-order valence-electron chi connectivity index (χ1n) is 6.91. The molecule has 0 amide bonds. The van der Waals surface area contributed by atoms with Crippen molar-refractivity contribution >= 4 is 0 Å². The van der Waals surface area contributed by atoms with E-state index in [1.165, 1.54) is 6.42 Å². The number of aromatic nitrogens is 1. The van der Waals surface area contributed by atoms with Crippen LogP contribution in [-0.2, 0) is 6.54 Å². The van der Waals surface area contributed by atoms with E-state index >= 15 is 0 Å². The van der Waals surface area contributed by atoms with E-state index in [1.54, 1.807) is 0 Å². The smallest absolute Gasteiger partial charge is 0.142 e. The molecule has 1 saturated carbocycles. The number of rotatable bonds is 3. The largest absolute Gasteiger partial charge is 0.488 e. The normalized spacial score (nSPS) is 28.1.